The van der Waals surface area contributed by atoms with Crippen molar-refractivity contribution < 1.29 is 37.7 Å². The van der Waals surface area contributed by atoms with Gasteiger partial charge in [-0.3, -0.25) is 9.59 Å². The number of aliphatic hydroxyl groups excluding tert-OH is 1. The highest BCUT2D eigenvalue weighted by atomic mass is 19.1. The molecule has 42 heavy (non-hydrogen) atoms. The molecule has 11 heteroatoms. The average molecular weight is 580 g/mol. The lowest BCUT2D eigenvalue weighted by Crippen LogP contribution is -2.50. The number of amides is 3. The molecule has 2 atom stereocenters. The van der Waals surface area contributed by atoms with Crippen LogP contribution in [0.1, 0.15) is 47.2 Å². The fourth-order valence-electron chi connectivity index (χ4n) is 5.20. The maximum Gasteiger partial charge on any atom is 0.416 e. The zero-order chi connectivity index (χ0) is 29.8. The van der Waals surface area contributed by atoms with E-state index in [1.54, 1.807) is 31.2 Å². The van der Waals surface area contributed by atoms with E-state index in [9.17, 15) is 23.9 Å². The topological polar surface area (TPSA) is 108 Å². The highest BCUT2D eigenvalue weighted by molar-refractivity contribution is 6.05. The van der Waals surface area contributed by atoms with Gasteiger partial charge in [-0.2, -0.15) is 0 Å². The predicted molar refractivity (Wildman–Crippen MR) is 150 cm³/mol. The third kappa shape index (κ3) is 6.20. The number of halogens is 2. The molecule has 5 rings (SSSR count). The highest BCUT2D eigenvalue weighted by Gasteiger charge is 2.45. The van der Waals surface area contributed by atoms with E-state index in [4.69, 9.17) is 9.47 Å². The van der Waals surface area contributed by atoms with E-state index in [0.717, 1.165) is 16.5 Å². The summed E-state index contributed by atoms with van der Waals surface area (Å²) in [6.45, 7) is 1.85. The second kappa shape index (κ2) is 12.6. The molecular weight excluding hydrogens is 548 g/mol. The van der Waals surface area contributed by atoms with Crippen LogP contribution in [0.4, 0.5) is 25.0 Å². The van der Waals surface area contributed by atoms with Crippen LogP contribution in [0.25, 0.3) is 0 Å². The van der Waals surface area contributed by atoms with Crippen molar-refractivity contribution in [1.29, 1.82) is 0 Å². The van der Waals surface area contributed by atoms with Crippen molar-refractivity contribution >= 4 is 29.3 Å². The van der Waals surface area contributed by atoms with Crippen molar-refractivity contribution in [2.24, 2.45) is 0 Å². The molecule has 9 nitrogen and oxygen atoms in total. The minimum atomic E-state index is -1.42. The molecule has 0 radical (unpaired) electrons. The second-order valence-corrected chi connectivity index (χ2v) is 10.3. The summed E-state index contributed by atoms with van der Waals surface area (Å²) in [5.41, 5.74) is 1.47. The molecule has 0 aliphatic carbocycles. The Bertz CT molecular complexity index is 1480. The van der Waals surface area contributed by atoms with E-state index in [-0.39, 0.29) is 54.8 Å². The Hall–Kier alpha value is -4.51. The van der Waals surface area contributed by atoms with Gasteiger partial charge in [0.15, 0.2) is 17.8 Å². The van der Waals surface area contributed by atoms with Gasteiger partial charge in [-0.05, 0) is 61.6 Å². The minimum absolute atomic E-state index is 0.0271. The van der Waals surface area contributed by atoms with Gasteiger partial charge < -0.3 is 24.8 Å². The maximum atomic E-state index is 15.2. The number of aliphatic hydroxyl groups is 1. The number of anilines is 2. The molecule has 1 saturated heterocycles. The zero-order valence-corrected chi connectivity index (χ0v) is 23.0. The van der Waals surface area contributed by atoms with Crippen molar-refractivity contribution in [1.82, 2.24) is 4.90 Å². The molecule has 1 fully saturated rings. The quantitative estimate of drug-likeness (QED) is 0.358. The SMILES string of the molecule is Cc1cc(NC(=O)CCCOc2cc3c(cc2F)C(=O)N2CCCC2C(O)N3C(=O)OCc2ccccc2)ccc1F. The summed E-state index contributed by atoms with van der Waals surface area (Å²) in [4.78, 5) is 41.4. The Labute approximate surface area is 241 Å². The summed E-state index contributed by atoms with van der Waals surface area (Å²) >= 11 is 0. The number of ether oxygens (including phenoxy) is 2. The molecule has 3 aromatic rings. The summed E-state index contributed by atoms with van der Waals surface area (Å²) in [6.07, 6.45) is -0.933. The Balaban J connectivity index is 1.30. The van der Waals surface area contributed by atoms with E-state index in [1.807, 2.05) is 6.07 Å². The largest absolute Gasteiger partial charge is 0.490 e. The first-order chi connectivity index (χ1) is 20.2. The lowest BCUT2D eigenvalue weighted by molar-refractivity contribution is -0.116. The molecule has 0 bridgehead atoms. The number of rotatable bonds is 8. The number of hydrogen-bond donors (Lipinski definition) is 2. The van der Waals surface area contributed by atoms with Gasteiger partial charge in [0.2, 0.25) is 5.91 Å². The van der Waals surface area contributed by atoms with Gasteiger partial charge in [0, 0.05) is 24.7 Å². The van der Waals surface area contributed by atoms with Crippen LogP contribution < -0.4 is 15.0 Å². The monoisotopic (exact) mass is 579 g/mol. The van der Waals surface area contributed by atoms with Gasteiger partial charge in [-0.25, -0.2) is 18.5 Å². The number of carbonyl (C=O) groups excluding carboxylic acids is 3. The number of nitrogens with zero attached hydrogens (tertiary/aromatic N) is 2. The molecule has 220 valence electrons. The number of hydrogen-bond acceptors (Lipinski definition) is 6. The van der Waals surface area contributed by atoms with Crippen LogP contribution in [0.5, 0.6) is 5.75 Å². The molecule has 0 aromatic heterocycles. The first-order valence-corrected chi connectivity index (χ1v) is 13.7. The molecule has 2 aliphatic rings. The molecule has 2 unspecified atom stereocenters. The van der Waals surface area contributed by atoms with Crippen LogP contribution in [0.2, 0.25) is 0 Å². The van der Waals surface area contributed by atoms with Crippen LogP contribution in [0, 0.1) is 18.6 Å². The minimum Gasteiger partial charge on any atom is -0.490 e. The maximum absolute atomic E-state index is 15.2. The lowest BCUT2D eigenvalue weighted by atomic mass is 10.1. The fourth-order valence-corrected chi connectivity index (χ4v) is 5.20. The van der Waals surface area contributed by atoms with Gasteiger partial charge >= 0.3 is 6.09 Å². The van der Waals surface area contributed by atoms with Gasteiger partial charge in [0.1, 0.15) is 12.4 Å². The van der Waals surface area contributed by atoms with E-state index < -0.39 is 30.1 Å². The molecule has 0 spiro atoms. The summed E-state index contributed by atoms with van der Waals surface area (Å²) in [5.74, 6) is -2.26. The van der Waals surface area contributed by atoms with Crippen LogP contribution >= 0.6 is 0 Å². The number of aryl methyl sites for hydroxylation is 1. The second-order valence-electron chi connectivity index (χ2n) is 10.3. The first kappa shape index (κ1) is 29.0. The first-order valence-electron chi connectivity index (χ1n) is 13.7. The fraction of sp³-hybridized carbons (Fsp3) is 0.323. The summed E-state index contributed by atoms with van der Waals surface area (Å²) < 4.78 is 39.7. The van der Waals surface area contributed by atoms with Crippen molar-refractivity contribution in [3.8, 4) is 5.75 Å². The Morgan fingerprint density at radius 2 is 1.86 bits per heavy atom. The van der Waals surface area contributed by atoms with Crippen LogP contribution in [0.3, 0.4) is 0 Å². The Kier molecular flexibility index (Phi) is 8.67. The standard InChI is InChI=1S/C31H31F2N3O6/c1-19-15-21(11-12-23(19)32)34-28(37)10-6-14-41-27-17-26-22(16-24(27)33)29(38)35-13-5-9-25(35)30(39)36(26)31(40)42-18-20-7-3-2-4-8-20/h2-4,7-8,11-12,15-17,25,30,39H,5-6,9-10,13-14,18H2,1H3,(H,34,37). The van der Waals surface area contributed by atoms with Crippen LogP contribution in [-0.4, -0.2) is 53.3 Å². The van der Waals surface area contributed by atoms with Crippen LogP contribution in [0.15, 0.2) is 60.7 Å². The highest BCUT2D eigenvalue weighted by Crippen LogP contribution is 2.38. The number of nitrogens with one attached hydrogen (secondary N) is 1. The number of carbonyl (C=O) groups is 3. The van der Waals surface area contributed by atoms with E-state index >= 15 is 4.39 Å². The Morgan fingerprint density at radius 1 is 1.07 bits per heavy atom. The number of benzene rings is 3. The van der Waals surface area contributed by atoms with E-state index in [0.29, 0.717) is 30.6 Å². The number of fused-ring (bicyclic) bond motifs is 2. The van der Waals surface area contributed by atoms with Gasteiger partial charge in [0.05, 0.1) is 23.9 Å². The molecule has 2 heterocycles. The van der Waals surface area contributed by atoms with Gasteiger partial charge in [0.25, 0.3) is 5.91 Å². The summed E-state index contributed by atoms with van der Waals surface area (Å²) in [5, 5.41) is 13.9. The molecular formula is C31H31F2N3O6. The van der Waals surface area contributed by atoms with Crippen molar-refractivity contribution in [3.63, 3.8) is 0 Å². The molecule has 0 saturated carbocycles. The third-order valence-electron chi connectivity index (χ3n) is 7.36. The van der Waals surface area contributed by atoms with Gasteiger partial charge in [-0.15, -0.1) is 0 Å². The van der Waals surface area contributed by atoms with E-state index in [2.05, 4.69) is 5.32 Å². The third-order valence-corrected chi connectivity index (χ3v) is 7.36. The average Bonchev–Trinajstić information content (AvgIpc) is 3.45. The summed E-state index contributed by atoms with van der Waals surface area (Å²) in [7, 11) is 0. The Morgan fingerprint density at radius 3 is 2.62 bits per heavy atom. The van der Waals surface area contributed by atoms with Gasteiger partial charge in [-0.1, -0.05) is 30.3 Å². The molecule has 2 N–H and O–H groups in total. The molecule has 3 amide bonds. The molecule has 3 aromatic carbocycles. The zero-order valence-electron chi connectivity index (χ0n) is 23.0. The van der Waals surface area contributed by atoms with Crippen molar-refractivity contribution in [3.05, 3.63) is 89.0 Å². The summed E-state index contributed by atoms with van der Waals surface area (Å²) in [6, 6.07) is 14.8. The normalized spacial score (nSPS) is 17.8. The lowest BCUT2D eigenvalue weighted by Gasteiger charge is -2.31. The van der Waals surface area contributed by atoms with Crippen molar-refractivity contribution in [2.75, 3.05) is 23.4 Å². The predicted octanol–water partition coefficient (Wildman–Crippen LogP) is 5.15. The smallest absolute Gasteiger partial charge is 0.416 e. The van der Waals surface area contributed by atoms with E-state index in [1.165, 1.54) is 29.2 Å². The molecule has 2 aliphatic heterocycles. The van der Waals surface area contributed by atoms with Crippen LogP contribution in [-0.2, 0) is 16.1 Å². The van der Waals surface area contributed by atoms with Crippen molar-refractivity contribution in [2.45, 2.75) is 51.5 Å².